The monoisotopic (exact) mass is 406 g/mol. The number of anilines is 1. The first-order valence-electron chi connectivity index (χ1n) is 6.47. The zero-order valence-corrected chi connectivity index (χ0v) is 13.4. The molecule has 0 aliphatic heterocycles. The summed E-state index contributed by atoms with van der Waals surface area (Å²) in [4.78, 5) is 27.0. The van der Waals surface area contributed by atoms with Crippen molar-refractivity contribution in [3.05, 3.63) is 68.0 Å². The lowest BCUT2D eigenvalue weighted by Crippen LogP contribution is -2.23. The topological polar surface area (TPSA) is 82.2 Å². The second-order valence-electron chi connectivity index (χ2n) is 4.68. The maximum absolute atomic E-state index is 12.3. The molecule has 3 aromatic rings. The highest BCUT2D eigenvalue weighted by Gasteiger charge is 2.19. The molecule has 0 aliphatic carbocycles. The zero-order valence-electron chi connectivity index (χ0n) is 11.3. The van der Waals surface area contributed by atoms with E-state index >= 15 is 0 Å². The van der Waals surface area contributed by atoms with Crippen LogP contribution < -0.4 is 10.9 Å². The number of nitrogens with one attached hydrogen (secondary N) is 2. The van der Waals surface area contributed by atoms with Crippen LogP contribution in [0.4, 0.5) is 5.69 Å². The van der Waals surface area contributed by atoms with E-state index in [-0.39, 0.29) is 11.3 Å². The highest BCUT2D eigenvalue weighted by molar-refractivity contribution is 14.1. The van der Waals surface area contributed by atoms with Gasteiger partial charge < -0.3 is 15.4 Å². The number of amides is 1. The summed E-state index contributed by atoms with van der Waals surface area (Å²) in [5.74, 6) is -0.965. The van der Waals surface area contributed by atoms with Gasteiger partial charge in [0.05, 0.1) is 5.52 Å². The summed E-state index contributed by atoms with van der Waals surface area (Å²) >= 11 is 2.15. The number of fused-ring (bicyclic) bond motifs is 1. The maximum atomic E-state index is 12.3. The molecule has 2 aromatic carbocycles. The van der Waals surface area contributed by atoms with Crippen LogP contribution in [0.2, 0.25) is 0 Å². The SMILES string of the molecule is O=C(Nc1ccc(I)cc1)c1c(O)c2ccccc2[nH]c1=O. The van der Waals surface area contributed by atoms with E-state index in [1.807, 2.05) is 12.1 Å². The van der Waals surface area contributed by atoms with Gasteiger partial charge in [-0.3, -0.25) is 9.59 Å². The van der Waals surface area contributed by atoms with E-state index in [2.05, 4.69) is 32.9 Å². The third-order valence-corrected chi connectivity index (χ3v) is 3.94. The van der Waals surface area contributed by atoms with Crippen LogP contribution in [-0.2, 0) is 0 Å². The molecule has 0 radical (unpaired) electrons. The molecule has 0 atom stereocenters. The van der Waals surface area contributed by atoms with Gasteiger partial charge in [-0.15, -0.1) is 0 Å². The molecule has 0 saturated heterocycles. The van der Waals surface area contributed by atoms with Gasteiger partial charge in [0, 0.05) is 14.6 Å². The van der Waals surface area contributed by atoms with Crippen LogP contribution >= 0.6 is 22.6 Å². The van der Waals surface area contributed by atoms with E-state index in [0.717, 1.165) is 3.57 Å². The molecule has 3 rings (SSSR count). The first-order valence-corrected chi connectivity index (χ1v) is 7.55. The second kappa shape index (κ2) is 5.80. The van der Waals surface area contributed by atoms with Crippen molar-refractivity contribution in [3.63, 3.8) is 0 Å². The Morgan fingerprint density at radius 1 is 1.09 bits per heavy atom. The fourth-order valence-corrected chi connectivity index (χ4v) is 2.52. The van der Waals surface area contributed by atoms with Crippen molar-refractivity contribution in [2.24, 2.45) is 0 Å². The van der Waals surface area contributed by atoms with Gasteiger partial charge in [0.15, 0.2) is 0 Å². The average molecular weight is 406 g/mol. The van der Waals surface area contributed by atoms with E-state index in [4.69, 9.17) is 0 Å². The molecule has 1 heterocycles. The Bertz CT molecular complexity index is 917. The summed E-state index contributed by atoms with van der Waals surface area (Å²) in [7, 11) is 0. The minimum Gasteiger partial charge on any atom is -0.506 e. The lowest BCUT2D eigenvalue weighted by molar-refractivity contribution is 0.102. The van der Waals surface area contributed by atoms with Crippen LogP contribution in [-0.4, -0.2) is 16.0 Å². The first kappa shape index (κ1) is 14.6. The molecular weight excluding hydrogens is 395 g/mol. The van der Waals surface area contributed by atoms with Gasteiger partial charge in [-0.25, -0.2) is 0 Å². The van der Waals surface area contributed by atoms with E-state index in [1.54, 1.807) is 36.4 Å². The standard InChI is InChI=1S/C16H11IN2O3/c17-9-5-7-10(8-6-9)18-15(21)13-14(20)11-3-1-2-4-12(11)19-16(13)22/h1-8H,(H,18,21)(H2,19,20,22). The highest BCUT2D eigenvalue weighted by atomic mass is 127. The van der Waals surface area contributed by atoms with Crippen molar-refractivity contribution in [2.45, 2.75) is 0 Å². The third kappa shape index (κ3) is 2.69. The molecule has 1 aromatic heterocycles. The number of benzene rings is 2. The molecule has 6 heteroatoms. The second-order valence-corrected chi connectivity index (χ2v) is 5.93. The van der Waals surface area contributed by atoms with Crippen LogP contribution in [0.3, 0.4) is 0 Å². The van der Waals surface area contributed by atoms with E-state index in [9.17, 15) is 14.7 Å². The molecule has 0 aliphatic rings. The Hall–Kier alpha value is -2.35. The highest BCUT2D eigenvalue weighted by Crippen LogP contribution is 2.25. The molecule has 3 N–H and O–H groups in total. The summed E-state index contributed by atoms with van der Waals surface area (Å²) in [6, 6.07) is 13.9. The summed E-state index contributed by atoms with van der Waals surface area (Å²) < 4.78 is 1.03. The number of rotatable bonds is 2. The van der Waals surface area contributed by atoms with Gasteiger partial charge in [-0.1, -0.05) is 12.1 Å². The molecule has 0 fully saturated rings. The van der Waals surface area contributed by atoms with Gasteiger partial charge in [0.2, 0.25) is 0 Å². The van der Waals surface area contributed by atoms with Crippen LogP contribution in [0.25, 0.3) is 10.9 Å². The number of aromatic amines is 1. The smallest absolute Gasteiger partial charge is 0.265 e. The van der Waals surface area contributed by atoms with Crippen LogP contribution in [0.15, 0.2) is 53.3 Å². The van der Waals surface area contributed by atoms with Crippen molar-refractivity contribution in [3.8, 4) is 5.75 Å². The van der Waals surface area contributed by atoms with Crippen molar-refractivity contribution in [1.82, 2.24) is 4.98 Å². The lowest BCUT2D eigenvalue weighted by atomic mass is 10.1. The summed E-state index contributed by atoms with van der Waals surface area (Å²) in [5, 5.41) is 13.3. The molecule has 22 heavy (non-hydrogen) atoms. The molecule has 0 bridgehead atoms. The van der Waals surface area contributed by atoms with Crippen molar-refractivity contribution in [2.75, 3.05) is 5.32 Å². The number of para-hydroxylation sites is 1. The largest absolute Gasteiger partial charge is 0.506 e. The first-order chi connectivity index (χ1) is 10.6. The number of carbonyl (C=O) groups excluding carboxylic acids is 1. The van der Waals surface area contributed by atoms with E-state index in [0.29, 0.717) is 16.6 Å². The molecular formula is C16H11IN2O3. The summed E-state index contributed by atoms with van der Waals surface area (Å²) in [6.45, 7) is 0. The van der Waals surface area contributed by atoms with Crippen molar-refractivity contribution in [1.29, 1.82) is 0 Å². The quantitative estimate of drug-likeness (QED) is 0.573. The Kier molecular flexibility index (Phi) is 3.84. The molecule has 0 unspecified atom stereocenters. The predicted octanol–water partition coefficient (Wildman–Crippen LogP) is 3.09. The number of carbonyl (C=O) groups is 1. The Balaban J connectivity index is 2.04. The third-order valence-electron chi connectivity index (χ3n) is 3.22. The number of hydrogen-bond acceptors (Lipinski definition) is 3. The van der Waals surface area contributed by atoms with Crippen LogP contribution in [0, 0.1) is 3.57 Å². The summed E-state index contributed by atoms with van der Waals surface area (Å²) in [6.07, 6.45) is 0. The Labute approximate surface area is 139 Å². The van der Waals surface area contributed by atoms with Crippen molar-refractivity contribution >= 4 is 45.1 Å². The molecule has 1 amide bonds. The Morgan fingerprint density at radius 3 is 2.50 bits per heavy atom. The number of aromatic hydroxyl groups is 1. The lowest BCUT2D eigenvalue weighted by Gasteiger charge is -2.08. The molecule has 110 valence electrons. The number of H-pyrrole nitrogens is 1. The minimum atomic E-state index is -0.647. The average Bonchev–Trinajstić information content (AvgIpc) is 2.49. The number of hydrogen-bond donors (Lipinski definition) is 3. The van der Waals surface area contributed by atoms with Crippen molar-refractivity contribution < 1.29 is 9.90 Å². The Morgan fingerprint density at radius 2 is 1.77 bits per heavy atom. The molecule has 0 saturated carbocycles. The molecule has 5 nitrogen and oxygen atoms in total. The van der Waals surface area contributed by atoms with Gasteiger partial charge in [0.25, 0.3) is 11.5 Å². The zero-order chi connectivity index (χ0) is 15.7. The summed E-state index contributed by atoms with van der Waals surface area (Å²) in [5.41, 5.74) is 0.115. The van der Waals surface area contributed by atoms with Gasteiger partial charge in [-0.05, 0) is 59.0 Å². The molecule has 0 spiro atoms. The van der Waals surface area contributed by atoms with Gasteiger partial charge in [-0.2, -0.15) is 0 Å². The normalized spacial score (nSPS) is 10.6. The van der Waals surface area contributed by atoms with Gasteiger partial charge >= 0.3 is 0 Å². The fraction of sp³-hybridized carbons (Fsp3) is 0. The minimum absolute atomic E-state index is 0.294. The van der Waals surface area contributed by atoms with Crippen LogP contribution in [0.1, 0.15) is 10.4 Å². The van der Waals surface area contributed by atoms with E-state index in [1.165, 1.54) is 0 Å². The predicted molar refractivity (Wildman–Crippen MR) is 93.3 cm³/mol. The number of aromatic nitrogens is 1. The number of halogens is 1. The maximum Gasteiger partial charge on any atom is 0.265 e. The fourth-order valence-electron chi connectivity index (χ4n) is 2.16. The van der Waals surface area contributed by atoms with Gasteiger partial charge in [0.1, 0.15) is 11.3 Å². The van der Waals surface area contributed by atoms with Crippen LogP contribution in [0.5, 0.6) is 5.75 Å². The number of pyridine rings is 1. The van der Waals surface area contributed by atoms with E-state index < -0.39 is 11.5 Å².